The molecular weight excluding hydrogens is 464 g/mol. The summed E-state index contributed by atoms with van der Waals surface area (Å²) in [6.45, 7) is 1.98. The molecule has 2 aliphatic rings. The molecule has 2 rings (SSSR count). The molecular formula is C24H46O11. The molecule has 2 saturated heterocycles. The van der Waals surface area contributed by atoms with E-state index in [1.807, 2.05) is 0 Å². The molecule has 0 bridgehead atoms. The molecule has 0 aromatic heterocycles. The quantitative estimate of drug-likeness (QED) is 0.134. The van der Waals surface area contributed by atoms with E-state index in [-0.39, 0.29) is 6.61 Å². The van der Waals surface area contributed by atoms with Gasteiger partial charge >= 0.3 is 0 Å². The van der Waals surface area contributed by atoms with E-state index in [1.165, 1.54) is 44.9 Å². The standard InChI is InChI=1S/C24H46O11/c1-2-3-4-5-6-7-8-9-10-11-12-32-14-16-18(27)20(29)22(31)24(34-16)35-23-21(30)19(28)17(26)15(13-25)33-23/h15-31H,2-14H2,1H3. The third-order valence-corrected chi connectivity index (χ3v) is 6.71. The molecule has 208 valence electrons. The number of ether oxygens (including phenoxy) is 4. The van der Waals surface area contributed by atoms with Crippen molar-refractivity contribution in [1.29, 1.82) is 0 Å². The molecule has 0 aromatic carbocycles. The van der Waals surface area contributed by atoms with Crippen LogP contribution in [-0.2, 0) is 18.9 Å². The number of hydrogen-bond donors (Lipinski definition) is 7. The Kier molecular flexibility index (Phi) is 14.4. The highest BCUT2D eigenvalue weighted by Crippen LogP contribution is 2.28. The maximum Gasteiger partial charge on any atom is 0.189 e. The lowest BCUT2D eigenvalue weighted by Crippen LogP contribution is -2.63. The molecule has 10 unspecified atom stereocenters. The Labute approximate surface area is 207 Å². The fraction of sp³-hybridized carbons (Fsp3) is 1.00. The van der Waals surface area contributed by atoms with Gasteiger partial charge in [-0.15, -0.1) is 0 Å². The summed E-state index contributed by atoms with van der Waals surface area (Å²) in [5.74, 6) is 0. The van der Waals surface area contributed by atoms with Gasteiger partial charge in [0.05, 0.1) is 13.2 Å². The second-order valence-electron chi connectivity index (χ2n) is 9.60. The molecule has 0 amide bonds. The van der Waals surface area contributed by atoms with Crippen LogP contribution in [0.25, 0.3) is 0 Å². The van der Waals surface area contributed by atoms with Crippen molar-refractivity contribution in [1.82, 2.24) is 0 Å². The summed E-state index contributed by atoms with van der Waals surface area (Å²) in [5.41, 5.74) is 0. The van der Waals surface area contributed by atoms with Crippen LogP contribution in [-0.4, -0.2) is 117 Å². The molecule has 0 aliphatic carbocycles. The van der Waals surface area contributed by atoms with Crippen molar-refractivity contribution in [3.05, 3.63) is 0 Å². The first kappa shape index (κ1) is 30.8. The largest absolute Gasteiger partial charge is 0.394 e. The lowest BCUT2D eigenvalue weighted by atomic mass is 9.98. The van der Waals surface area contributed by atoms with E-state index >= 15 is 0 Å². The summed E-state index contributed by atoms with van der Waals surface area (Å²) < 4.78 is 21.8. The van der Waals surface area contributed by atoms with E-state index < -0.39 is 68.0 Å². The van der Waals surface area contributed by atoms with Crippen LogP contribution in [0, 0.1) is 0 Å². The van der Waals surface area contributed by atoms with Gasteiger partial charge in [0, 0.05) is 6.61 Å². The summed E-state index contributed by atoms with van der Waals surface area (Å²) >= 11 is 0. The molecule has 35 heavy (non-hydrogen) atoms. The van der Waals surface area contributed by atoms with Gasteiger partial charge in [0.1, 0.15) is 48.8 Å². The molecule has 0 aromatic rings. The monoisotopic (exact) mass is 510 g/mol. The Hall–Kier alpha value is -0.440. The number of unbranched alkanes of at least 4 members (excludes halogenated alkanes) is 9. The van der Waals surface area contributed by atoms with Crippen molar-refractivity contribution < 1.29 is 54.7 Å². The first-order valence-corrected chi connectivity index (χ1v) is 13.0. The maximum absolute atomic E-state index is 10.3. The van der Waals surface area contributed by atoms with Gasteiger partial charge in [-0.1, -0.05) is 64.7 Å². The first-order valence-electron chi connectivity index (χ1n) is 13.0. The fourth-order valence-electron chi connectivity index (χ4n) is 4.37. The molecule has 10 atom stereocenters. The van der Waals surface area contributed by atoms with E-state index in [9.17, 15) is 35.7 Å². The third kappa shape index (κ3) is 9.42. The molecule has 0 spiro atoms. The Balaban J connectivity index is 1.70. The van der Waals surface area contributed by atoms with E-state index in [4.69, 9.17) is 18.9 Å². The van der Waals surface area contributed by atoms with Gasteiger partial charge in [-0.2, -0.15) is 0 Å². The first-order chi connectivity index (χ1) is 16.8. The zero-order valence-corrected chi connectivity index (χ0v) is 20.7. The van der Waals surface area contributed by atoms with E-state index in [1.54, 1.807) is 0 Å². The van der Waals surface area contributed by atoms with Crippen LogP contribution in [0.15, 0.2) is 0 Å². The molecule has 11 nitrogen and oxygen atoms in total. The van der Waals surface area contributed by atoms with Gasteiger partial charge in [-0.05, 0) is 6.42 Å². The summed E-state index contributed by atoms with van der Waals surface area (Å²) in [6.07, 6.45) is -2.93. The number of aliphatic hydroxyl groups is 7. The average molecular weight is 511 g/mol. The Morgan fingerprint density at radius 3 is 1.54 bits per heavy atom. The van der Waals surface area contributed by atoms with Gasteiger partial charge in [0.25, 0.3) is 0 Å². The Morgan fingerprint density at radius 2 is 1.03 bits per heavy atom. The highest BCUT2D eigenvalue weighted by Gasteiger charge is 2.49. The van der Waals surface area contributed by atoms with Crippen molar-refractivity contribution in [2.75, 3.05) is 19.8 Å². The number of rotatable bonds is 16. The SMILES string of the molecule is CCCCCCCCCCCCOCC1OC(OC2OC(CO)C(O)C(O)C2O)C(O)C(O)C1O. The topological polar surface area (TPSA) is 179 Å². The Bertz CT molecular complexity index is 552. The third-order valence-electron chi connectivity index (χ3n) is 6.71. The number of hydrogen-bond acceptors (Lipinski definition) is 11. The minimum atomic E-state index is -1.70. The smallest absolute Gasteiger partial charge is 0.189 e. The van der Waals surface area contributed by atoms with Crippen LogP contribution in [0.5, 0.6) is 0 Å². The normalized spacial score (nSPS) is 38.1. The molecule has 0 saturated carbocycles. The van der Waals surface area contributed by atoms with Gasteiger partial charge in [0.2, 0.25) is 0 Å². The van der Waals surface area contributed by atoms with Crippen molar-refractivity contribution >= 4 is 0 Å². The predicted octanol–water partition coefficient (Wildman–Crippen LogP) is -0.452. The van der Waals surface area contributed by atoms with Crippen molar-refractivity contribution in [2.45, 2.75) is 133 Å². The van der Waals surface area contributed by atoms with Crippen LogP contribution < -0.4 is 0 Å². The minimum absolute atomic E-state index is 0.0447. The van der Waals surface area contributed by atoms with Crippen LogP contribution in [0.2, 0.25) is 0 Å². The van der Waals surface area contributed by atoms with Crippen molar-refractivity contribution in [3.8, 4) is 0 Å². The van der Waals surface area contributed by atoms with Crippen molar-refractivity contribution in [3.63, 3.8) is 0 Å². The van der Waals surface area contributed by atoms with E-state index in [2.05, 4.69) is 6.92 Å². The van der Waals surface area contributed by atoms with Gasteiger partial charge in [-0.3, -0.25) is 0 Å². The maximum atomic E-state index is 10.3. The summed E-state index contributed by atoms with van der Waals surface area (Å²) in [7, 11) is 0. The van der Waals surface area contributed by atoms with Crippen LogP contribution >= 0.6 is 0 Å². The van der Waals surface area contributed by atoms with Crippen LogP contribution in [0.4, 0.5) is 0 Å². The van der Waals surface area contributed by atoms with Crippen LogP contribution in [0.3, 0.4) is 0 Å². The van der Waals surface area contributed by atoms with Gasteiger partial charge in [0.15, 0.2) is 12.6 Å². The Morgan fingerprint density at radius 1 is 0.571 bits per heavy atom. The fourth-order valence-corrected chi connectivity index (χ4v) is 4.37. The molecule has 0 radical (unpaired) electrons. The minimum Gasteiger partial charge on any atom is -0.394 e. The summed E-state index contributed by atoms with van der Waals surface area (Å²) in [5, 5.41) is 69.9. The van der Waals surface area contributed by atoms with Crippen molar-refractivity contribution in [2.24, 2.45) is 0 Å². The highest BCUT2D eigenvalue weighted by molar-refractivity contribution is 4.92. The van der Waals surface area contributed by atoms with Gasteiger partial charge in [-0.25, -0.2) is 0 Å². The van der Waals surface area contributed by atoms with E-state index in [0.29, 0.717) is 6.61 Å². The molecule has 2 heterocycles. The highest BCUT2D eigenvalue weighted by atomic mass is 16.8. The second kappa shape index (κ2) is 16.4. The second-order valence-corrected chi connectivity index (χ2v) is 9.60. The molecule has 7 N–H and O–H groups in total. The zero-order chi connectivity index (χ0) is 25.8. The summed E-state index contributed by atoms with van der Waals surface area (Å²) in [4.78, 5) is 0. The molecule has 2 fully saturated rings. The lowest BCUT2D eigenvalue weighted by molar-refractivity contribution is -0.377. The zero-order valence-electron chi connectivity index (χ0n) is 20.7. The van der Waals surface area contributed by atoms with Gasteiger partial charge < -0.3 is 54.7 Å². The predicted molar refractivity (Wildman–Crippen MR) is 124 cm³/mol. The summed E-state index contributed by atoms with van der Waals surface area (Å²) in [6, 6.07) is 0. The number of aliphatic hydroxyl groups excluding tert-OH is 7. The lowest BCUT2D eigenvalue weighted by Gasteiger charge is -2.44. The molecule has 11 heteroatoms. The molecule has 2 aliphatic heterocycles. The van der Waals surface area contributed by atoms with E-state index in [0.717, 1.165) is 19.3 Å². The average Bonchev–Trinajstić information content (AvgIpc) is 2.85. The van der Waals surface area contributed by atoms with Crippen LogP contribution in [0.1, 0.15) is 71.1 Å².